The van der Waals surface area contributed by atoms with Gasteiger partial charge in [-0.2, -0.15) is 0 Å². The summed E-state index contributed by atoms with van der Waals surface area (Å²) in [6.45, 7) is 0. The fourth-order valence-corrected chi connectivity index (χ4v) is 1.53. The Morgan fingerprint density at radius 2 is 1.33 bits per heavy atom. The first-order valence-corrected chi connectivity index (χ1v) is 5.83. The number of rotatable bonds is 8. The van der Waals surface area contributed by atoms with Gasteiger partial charge in [-0.05, 0) is 0 Å². The molecule has 0 fully saturated rings. The van der Waals surface area contributed by atoms with Crippen LogP contribution in [0.1, 0.15) is 51.4 Å². The van der Waals surface area contributed by atoms with Gasteiger partial charge >= 0.3 is 83.2 Å². The second-order valence-electron chi connectivity index (χ2n) is 3.07. The van der Waals surface area contributed by atoms with Crippen molar-refractivity contribution in [2.24, 2.45) is 0 Å². The van der Waals surface area contributed by atoms with Crippen molar-refractivity contribution in [1.82, 2.24) is 0 Å². The molecule has 0 aromatic rings. The third kappa shape index (κ3) is 10.5. The fraction of sp³-hybridized carbons (Fsp3) is 0.900. The van der Waals surface area contributed by atoms with Gasteiger partial charge in [-0.15, -0.1) is 0 Å². The van der Waals surface area contributed by atoms with E-state index in [9.17, 15) is 0 Å². The zero-order valence-electron chi connectivity index (χ0n) is 7.69. The van der Waals surface area contributed by atoms with E-state index >= 15 is 0 Å². The van der Waals surface area contributed by atoms with Crippen LogP contribution in [0.4, 0.5) is 0 Å². The Hall–Kier alpha value is 0.500. The van der Waals surface area contributed by atoms with Crippen molar-refractivity contribution in [3.63, 3.8) is 0 Å². The zero-order valence-corrected chi connectivity index (χ0v) is 9.34. The quantitative estimate of drug-likeness (QED) is 0.305. The van der Waals surface area contributed by atoms with Crippen LogP contribution in [0.2, 0.25) is 0 Å². The van der Waals surface area contributed by atoms with Crippen molar-refractivity contribution in [3.05, 3.63) is 0 Å². The maximum absolute atomic E-state index is 5.57. The van der Waals surface area contributed by atoms with Gasteiger partial charge in [0.05, 0.1) is 0 Å². The Labute approximate surface area is 83.6 Å². The van der Waals surface area contributed by atoms with E-state index < -0.39 is 0 Å². The van der Waals surface area contributed by atoms with E-state index in [0.29, 0.717) is 0 Å². The maximum atomic E-state index is 5.57. The summed E-state index contributed by atoms with van der Waals surface area (Å²) < 4.78 is 0. The van der Waals surface area contributed by atoms with E-state index in [1.54, 1.807) is 0 Å². The number of hydrogen-bond acceptors (Lipinski definition) is 0. The van der Waals surface area contributed by atoms with Gasteiger partial charge in [0.15, 0.2) is 0 Å². The SMILES string of the molecule is P#CCCCCCCCCCCl. The van der Waals surface area contributed by atoms with E-state index in [2.05, 4.69) is 14.3 Å². The van der Waals surface area contributed by atoms with Crippen LogP contribution in [-0.4, -0.2) is 5.88 Å². The predicted octanol–water partition coefficient (Wildman–Crippen LogP) is 4.72. The fourth-order valence-electron chi connectivity index (χ4n) is 1.18. The van der Waals surface area contributed by atoms with Crippen LogP contribution in [-0.2, 0) is 0 Å². The summed E-state index contributed by atoms with van der Waals surface area (Å²) in [6.07, 6.45) is 10.2. The Morgan fingerprint density at radius 3 is 1.83 bits per heavy atom. The van der Waals surface area contributed by atoms with E-state index in [1.807, 2.05) is 0 Å². The van der Waals surface area contributed by atoms with Crippen LogP contribution in [0.3, 0.4) is 0 Å². The molecule has 0 heterocycles. The summed E-state index contributed by atoms with van der Waals surface area (Å²) in [5.74, 6) is 0.823. The molecule has 0 nitrogen and oxygen atoms in total. The van der Waals surface area contributed by atoms with Crippen LogP contribution < -0.4 is 0 Å². The van der Waals surface area contributed by atoms with E-state index in [-0.39, 0.29) is 0 Å². The molecule has 12 heavy (non-hydrogen) atoms. The molecule has 0 radical (unpaired) electrons. The van der Waals surface area contributed by atoms with Gasteiger partial charge in [0.2, 0.25) is 0 Å². The molecular formula is C10H18ClP. The van der Waals surface area contributed by atoms with Crippen LogP contribution in [0.5, 0.6) is 0 Å². The molecule has 0 spiro atoms. The molecular weight excluding hydrogens is 187 g/mol. The van der Waals surface area contributed by atoms with Crippen LogP contribution in [0, 0.1) is 5.63 Å². The van der Waals surface area contributed by atoms with Gasteiger partial charge < -0.3 is 0 Å². The first kappa shape index (κ1) is 12.5. The molecule has 0 aliphatic rings. The Kier molecular flexibility index (Phi) is 12.0. The van der Waals surface area contributed by atoms with Gasteiger partial charge in [0, 0.05) is 0 Å². The Balaban J connectivity index is 2.78. The summed E-state index contributed by atoms with van der Waals surface area (Å²) in [7, 11) is 3.93. The second kappa shape index (κ2) is 11.5. The van der Waals surface area contributed by atoms with Gasteiger partial charge in [-0.1, -0.05) is 0 Å². The molecule has 0 N–H and O–H groups in total. The summed E-state index contributed by atoms with van der Waals surface area (Å²) in [5.41, 5.74) is 2.86. The first-order chi connectivity index (χ1) is 5.91. The molecule has 0 saturated heterocycles. The molecule has 70 valence electrons. The minimum absolute atomic E-state index is 0.823. The number of halogens is 1. The molecule has 0 aromatic heterocycles. The zero-order chi connectivity index (χ0) is 9.07. The molecule has 0 amide bonds. The van der Waals surface area contributed by atoms with Gasteiger partial charge in [0.25, 0.3) is 0 Å². The molecule has 0 aliphatic heterocycles. The summed E-state index contributed by atoms with van der Waals surface area (Å²) >= 11 is 5.57. The van der Waals surface area contributed by atoms with E-state index in [4.69, 9.17) is 11.6 Å². The number of unbranched alkanes of at least 4 members (excludes halogenated alkanes) is 7. The van der Waals surface area contributed by atoms with Crippen LogP contribution in [0.25, 0.3) is 0 Å². The normalized spacial score (nSPS) is 9.67. The Morgan fingerprint density at radius 1 is 0.833 bits per heavy atom. The third-order valence-electron chi connectivity index (χ3n) is 1.92. The number of alkyl halides is 1. The van der Waals surface area contributed by atoms with Crippen molar-refractivity contribution >= 4 is 20.3 Å². The van der Waals surface area contributed by atoms with Crippen LogP contribution >= 0.6 is 20.3 Å². The van der Waals surface area contributed by atoms with Gasteiger partial charge in [0.1, 0.15) is 0 Å². The molecule has 0 aliphatic carbocycles. The monoisotopic (exact) mass is 204 g/mol. The summed E-state index contributed by atoms with van der Waals surface area (Å²) in [5, 5.41) is 0. The summed E-state index contributed by atoms with van der Waals surface area (Å²) in [6, 6.07) is 0. The molecule has 0 unspecified atom stereocenters. The van der Waals surface area contributed by atoms with Crippen molar-refractivity contribution in [2.45, 2.75) is 51.4 Å². The number of hydrogen-bond donors (Lipinski definition) is 0. The second-order valence-corrected chi connectivity index (χ2v) is 3.77. The molecule has 0 rings (SSSR count). The van der Waals surface area contributed by atoms with Crippen molar-refractivity contribution in [2.75, 3.05) is 5.88 Å². The van der Waals surface area contributed by atoms with Gasteiger partial charge in [-0.25, -0.2) is 0 Å². The minimum atomic E-state index is 0.823. The van der Waals surface area contributed by atoms with E-state index in [0.717, 1.165) is 12.3 Å². The molecule has 0 atom stereocenters. The van der Waals surface area contributed by atoms with Crippen molar-refractivity contribution < 1.29 is 0 Å². The average molecular weight is 205 g/mol. The predicted molar refractivity (Wildman–Crippen MR) is 58.5 cm³/mol. The Bertz CT molecular complexity index is 117. The van der Waals surface area contributed by atoms with E-state index in [1.165, 1.54) is 44.9 Å². The third-order valence-corrected chi connectivity index (χ3v) is 2.41. The average Bonchev–Trinajstić information content (AvgIpc) is 2.10. The molecule has 0 bridgehead atoms. The van der Waals surface area contributed by atoms with Crippen molar-refractivity contribution in [3.8, 4) is 5.63 Å². The standard InChI is InChI=1S/C10H18ClP/c11-9-7-5-3-1-2-4-6-8-10-12/h1-9H2. The first-order valence-electron chi connectivity index (χ1n) is 4.84. The molecule has 0 saturated carbocycles. The molecule has 2 heteroatoms. The van der Waals surface area contributed by atoms with Crippen molar-refractivity contribution in [1.29, 1.82) is 0 Å². The van der Waals surface area contributed by atoms with Gasteiger partial charge in [-0.3, -0.25) is 0 Å². The topological polar surface area (TPSA) is 0 Å². The molecule has 0 aromatic carbocycles. The summed E-state index contributed by atoms with van der Waals surface area (Å²) in [4.78, 5) is 0. The van der Waals surface area contributed by atoms with Crippen LogP contribution in [0.15, 0.2) is 0 Å².